The van der Waals surface area contributed by atoms with Crippen LogP contribution in [0, 0.1) is 0 Å². The molecule has 0 amide bonds. The fourth-order valence-corrected chi connectivity index (χ4v) is 3.87. The second-order valence-electron chi connectivity index (χ2n) is 6.70. The van der Waals surface area contributed by atoms with Gasteiger partial charge < -0.3 is 5.32 Å². The Kier molecular flexibility index (Phi) is 5.31. The molecule has 0 aromatic carbocycles. The van der Waals surface area contributed by atoms with E-state index in [2.05, 4.69) is 34.1 Å². The summed E-state index contributed by atoms with van der Waals surface area (Å²) in [4.78, 5) is 2.63. The third kappa shape index (κ3) is 3.86. The highest BCUT2D eigenvalue weighted by atomic mass is 15.3. The van der Waals surface area contributed by atoms with E-state index >= 15 is 0 Å². The molecular weight excluding hydrogens is 260 g/mol. The summed E-state index contributed by atoms with van der Waals surface area (Å²) in [5, 5.41) is 8.41. The number of rotatable bonds is 6. The van der Waals surface area contributed by atoms with E-state index in [9.17, 15) is 0 Å². The van der Waals surface area contributed by atoms with Crippen LogP contribution in [0.3, 0.4) is 0 Å². The number of nitrogens with zero attached hydrogens (tertiary/aromatic N) is 3. The van der Waals surface area contributed by atoms with Gasteiger partial charge in [0.25, 0.3) is 0 Å². The van der Waals surface area contributed by atoms with E-state index in [1.165, 1.54) is 63.7 Å². The van der Waals surface area contributed by atoms with Crippen molar-refractivity contribution in [2.24, 2.45) is 0 Å². The van der Waals surface area contributed by atoms with Crippen molar-refractivity contribution < 1.29 is 0 Å². The molecule has 3 rings (SSSR count). The maximum absolute atomic E-state index is 4.86. The predicted molar refractivity (Wildman–Crippen MR) is 86.3 cm³/mol. The monoisotopic (exact) mass is 290 g/mol. The summed E-state index contributed by atoms with van der Waals surface area (Å²) < 4.78 is 2.23. The van der Waals surface area contributed by atoms with Crippen molar-refractivity contribution >= 4 is 0 Å². The minimum atomic E-state index is 0.662. The van der Waals surface area contributed by atoms with Crippen LogP contribution in [0.15, 0.2) is 12.3 Å². The molecule has 2 heterocycles. The Balaban J connectivity index is 1.61. The molecule has 118 valence electrons. The molecule has 1 aromatic heterocycles. The molecule has 4 nitrogen and oxygen atoms in total. The van der Waals surface area contributed by atoms with Crippen LogP contribution in [0.25, 0.3) is 0 Å². The Morgan fingerprint density at radius 1 is 1.29 bits per heavy atom. The zero-order valence-electron chi connectivity index (χ0n) is 13.4. The highest BCUT2D eigenvalue weighted by Crippen LogP contribution is 2.28. The lowest BCUT2D eigenvalue weighted by atomic mass is 10.1. The first-order chi connectivity index (χ1) is 10.4. The van der Waals surface area contributed by atoms with Gasteiger partial charge in [0, 0.05) is 25.3 Å². The van der Waals surface area contributed by atoms with Gasteiger partial charge in [-0.25, -0.2) is 0 Å². The van der Waals surface area contributed by atoms with Gasteiger partial charge in [-0.2, -0.15) is 5.10 Å². The zero-order valence-corrected chi connectivity index (χ0v) is 13.4. The first-order valence-corrected chi connectivity index (χ1v) is 8.85. The van der Waals surface area contributed by atoms with Gasteiger partial charge in [0.05, 0.1) is 11.7 Å². The van der Waals surface area contributed by atoms with E-state index in [1.807, 2.05) is 0 Å². The summed E-state index contributed by atoms with van der Waals surface area (Å²) >= 11 is 0. The molecule has 1 unspecified atom stereocenters. The highest BCUT2D eigenvalue weighted by Gasteiger charge is 2.22. The third-order valence-corrected chi connectivity index (χ3v) is 5.03. The fourth-order valence-electron chi connectivity index (χ4n) is 3.87. The first-order valence-electron chi connectivity index (χ1n) is 8.85. The Morgan fingerprint density at radius 3 is 2.86 bits per heavy atom. The summed E-state index contributed by atoms with van der Waals surface area (Å²) in [5.41, 5.74) is 1.25. The van der Waals surface area contributed by atoms with Crippen LogP contribution in [-0.2, 0) is 6.54 Å². The maximum Gasteiger partial charge on any atom is 0.0765 e. The predicted octanol–water partition coefficient (Wildman–Crippen LogP) is 2.96. The lowest BCUT2D eigenvalue weighted by Crippen LogP contribution is -2.46. The molecule has 0 bridgehead atoms. The normalized spacial score (nSPS) is 24.0. The molecule has 21 heavy (non-hydrogen) atoms. The van der Waals surface area contributed by atoms with Crippen molar-refractivity contribution in [1.82, 2.24) is 20.0 Å². The highest BCUT2D eigenvalue weighted by molar-refractivity contribution is 5.01. The molecule has 2 fully saturated rings. The largest absolute Gasteiger partial charge is 0.315 e. The van der Waals surface area contributed by atoms with Gasteiger partial charge in [0.15, 0.2) is 0 Å². The van der Waals surface area contributed by atoms with Crippen LogP contribution in [0.2, 0.25) is 0 Å². The molecule has 1 aromatic rings. The number of hydrogen-bond donors (Lipinski definition) is 1. The molecule has 2 aliphatic rings. The van der Waals surface area contributed by atoms with Crippen molar-refractivity contribution in [1.29, 1.82) is 0 Å². The van der Waals surface area contributed by atoms with E-state index in [0.29, 0.717) is 12.1 Å². The van der Waals surface area contributed by atoms with Crippen LogP contribution < -0.4 is 5.32 Å². The summed E-state index contributed by atoms with van der Waals surface area (Å²) in [5.74, 6) is 0. The second kappa shape index (κ2) is 7.41. The summed E-state index contributed by atoms with van der Waals surface area (Å²) in [7, 11) is 0. The minimum absolute atomic E-state index is 0.662. The van der Waals surface area contributed by atoms with Crippen LogP contribution in [-0.4, -0.2) is 40.4 Å². The molecule has 1 atom stereocenters. The smallest absolute Gasteiger partial charge is 0.0765 e. The van der Waals surface area contributed by atoms with Crippen molar-refractivity contribution in [3.63, 3.8) is 0 Å². The molecule has 0 radical (unpaired) electrons. The third-order valence-electron chi connectivity index (χ3n) is 5.03. The van der Waals surface area contributed by atoms with Crippen LogP contribution in [0.4, 0.5) is 0 Å². The summed E-state index contributed by atoms with van der Waals surface area (Å²) in [6.45, 7) is 6.80. The van der Waals surface area contributed by atoms with Crippen molar-refractivity contribution in [2.45, 2.75) is 70.5 Å². The lowest BCUT2D eigenvalue weighted by Gasteiger charge is -2.34. The summed E-state index contributed by atoms with van der Waals surface area (Å²) in [6, 6.07) is 3.59. The number of aromatic nitrogens is 2. The molecule has 4 heteroatoms. The Labute approximate surface area is 128 Å². The average Bonchev–Trinajstić information content (AvgIpc) is 3.19. The molecule has 1 saturated heterocycles. The van der Waals surface area contributed by atoms with Crippen LogP contribution in [0.5, 0.6) is 0 Å². The van der Waals surface area contributed by atoms with E-state index in [0.717, 1.165) is 13.1 Å². The van der Waals surface area contributed by atoms with Crippen molar-refractivity contribution in [3.8, 4) is 0 Å². The molecular formula is C17H30N4. The number of hydrogen-bond acceptors (Lipinski definition) is 3. The Bertz CT molecular complexity index is 416. The topological polar surface area (TPSA) is 33.1 Å². The van der Waals surface area contributed by atoms with Gasteiger partial charge in [0.1, 0.15) is 0 Å². The van der Waals surface area contributed by atoms with Crippen molar-refractivity contribution in [3.05, 3.63) is 18.0 Å². The maximum atomic E-state index is 4.86. The second-order valence-corrected chi connectivity index (χ2v) is 6.70. The van der Waals surface area contributed by atoms with E-state index in [1.54, 1.807) is 0 Å². The van der Waals surface area contributed by atoms with Crippen LogP contribution in [0.1, 0.15) is 63.6 Å². The Hall–Kier alpha value is -0.870. The Morgan fingerprint density at radius 2 is 2.14 bits per heavy atom. The van der Waals surface area contributed by atoms with E-state index < -0.39 is 0 Å². The van der Waals surface area contributed by atoms with E-state index in [4.69, 9.17) is 5.10 Å². The van der Waals surface area contributed by atoms with Gasteiger partial charge >= 0.3 is 0 Å². The SMILES string of the molecule is CCCN(Cc1ccn(C2CCCC2)n1)C1CCCNC1. The molecule has 1 N–H and O–H groups in total. The average molecular weight is 290 g/mol. The van der Waals surface area contributed by atoms with E-state index in [-0.39, 0.29) is 0 Å². The lowest BCUT2D eigenvalue weighted by molar-refractivity contribution is 0.155. The minimum Gasteiger partial charge on any atom is -0.315 e. The molecule has 1 aliphatic heterocycles. The van der Waals surface area contributed by atoms with Gasteiger partial charge in [0.2, 0.25) is 0 Å². The molecule has 1 saturated carbocycles. The number of piperidine rings is 1. The van der Waals surface area contributed by atoms with Crippen LogP contribution >= 0.6 is 0 Å². The van der Waals surface area contributed by atoms with Crippen molar-refractivity contribution in [2.75, 3.05) is 19.6 Å². The van der Waals surface area contributed by atoms with Gasteiger partial charge in [-0.3, -0.25) is 9.58 Å². The van der Waals surface area contributed by atoms with Gasteiger partial charge in [-0.15, -0.1) is 0 Å². The standard InChI is InChI=1S/C17H30N4/c1-2-11-20(17-8-5-10-18-13-17)14-15-9-12-21(19-15)16-6-3-4-7-16/h9,12,16-18H,2-8,10-11,13-14H2,1H3. The summed E-state index contributed by atoms with van der Waals surface area (Å²) in [6.07, 6.45) is 11.4. The van der Waals surface area contributed by atoms with Gasteiger partial charge in [-0.1, -0.05) is 19.8 Å². The first kappa shape index (κ1) is 15.0. The quantitative estimate of drug-likeness (QED) is 0.874. The van der Waals surface area contributed by atoms with Gasteiger partial charge in [-0.05, 0) is 51.3 Å². The fraction of sp³-hybridized carbons (Fsp3) is 0.824. The zero-order chi connectivity index (χ0) is 14.5. The molecule has 1 aliphatic carbocycles. The molecule has 0 spiro atoms. The number of nitrogens with one attached hydrogen (secondary N) is 1.